The summed E-state index contributed by atoms with van der Waals surface area (Å²) in [4.78, 5) is 4.16. The molecule has 0 aliphatic rings. The van der Waals surface area contributed by atoms with Crippen molar-refractivity contribution in [1.82, 2.24) is 0 Å². The molecule has 0 saturated heterocycles. The summed E-state index contributed by atoms with van der Waals surface area (Å²) in [6, 6.07) is 10.1. The summed E-state index contributed by atoms with van der Waals surface area (Å²) in [5.74, 6) is 1.36. The maximum Gasteiger partial charge on any atom is 0.416 e. The fourth-order valence-corrected chi connectivity index (χ4v) is 2.30. The molecule has 2 aromatic carbocycles. The highest BCUT2D eigenvalue weighted by atomic mass is 19.4. The second-order valence-electron chi connectivity index (χ2n) is 5.55. The summed E-state index contributed by atoms with van der Waals surface area (Å²) < 4.78 is 48.8. The molecule has 0 atom stereocenters. The number of benzene rings is 2. The van der Waals surface area contributed by atoms with Gasteiger partial charge in [-0.15, -0.1) is 0 Å². The number of hydrogen-bond donors (Lipinski definition) is 2. The molecule has 146 valence electrons. The van der Waals surface area contributed by atoms with Crippen LogP contribution in [0.25, 0.3) is 0 Å². The average molecular weight is 381 g/mol. The topological polar surface area (TPSA) is 68.9 Å². The van der Waals surface area contributed by atoms with Crippen LogP contribution in [0.15, 0.2) is 47.5 Å². The second kappa shape index (κ2) is 9.16. The molecule has 0 aliphatic heterocycles. The first kappa shape index (κ1) is 20.4. The zero-order valence-electron chi connectivity index (χ0n) is 15.1. The van der Waals surface area contributed by atoms with E-state index >= 15 is 0 Å². The first-order chi connectivity index (χ1) is 12.8. The molecule has 8 heteroatoms. The minimum atomic E-state index is -4.36. The van der Waals surface area contributed by atoms with Gasteiger partial charge in [-0.05, 0) is 43.7 Å². The predicted octanol–water partition coefficient (Wildman–Crippen LogP) is 4.43. The third kappa shape index (κ3) is 6.09. The van der Waals surface area contributed by atoms with Crippen LogP contribution in [0.5, 0.6) is 11.5 Å². The van der Waals surface area contributed by atoms with Crippen molar-refractivity contribution in [2.24, 2.45) is 10.7 Å². The fraction of sp³-hybridized carbons (Fsp3) is 0.316. The maximum absolute atomic E-state index is 12.6. The van der Waals surface area contributed by atoms with Crippen molar-refractivity contribution in [2.45, 2.75) is 26.6 Å². The molecule has 27 heavy (non-hydrogen) atoms. The molecule has 0 spiro atoms. The lowest BCUT2D eigenvalue weighted by Crippen LogP contribution is -2.23. The molecule has 0 aliphatic carbocycles. The number of rotatable bonds is 7. The molecule has 0 aromatic heterocycles. The Kier molecular flexibility index (Phi) is 6.92. The number of hydrogen-bond acceptors (Lipinski definition) is 3. The van der Waals surface area contributed by atoms with Gasteiger partial charge in [0.1, 0.15) is 11.5 Å². The molecular weight excluding hydrogens is 359 g/mol. The Morgan fingerprint density at radius 1 is 1.04 bits per heavy atom. The van der Waals surface area contributed by atoms with E-state index in [-0.39, 0.29) is 12.5 Å². The fourth-order valence-electron chi connectivity index (χ4n) is 2.30. The Morgan fingerprint density at radius 3 is 2.30 bits per heavy atom. The van der Waals surface area contributed by atoms with Crippen molar-refractivity contribution in [2.75, 3.05) is 18.5 Å². The third-order valence-electron chi connectivity index (χ3n) is 3.54. The van der Waals surface area contributed by atoms with Gasteiger partial charge in [-0.3, -0.25) is 0 Å². The minimum absolute atomic E-state index is 0.115. The molecule has 0 fully saturated rings. The molecular formula is C19H22F3N3O2. The number of ether oxygens (including phenoxy) is 2. The normalized spacial score (nSPS) is 12.0. The number of nitrogens with one attached hydrogen (secondary N) is 1. The number of anilines is 1. The van der Waals surface area contributed by atoms with E-state index in [2.05, 4.69) is 10.3 Å². The van der Waals surface area contributed by atoms with Crippen molar-refractivity contribution < 1.29 is 22.6 Å². The molecule has 0 saturated carbocycles. The van der Waals surface area contributed by atoms with Gasteiger partial charge in [0.15, 0.2) is 5.96 Å². The summed E-state index contributed by atoms with van der Waals surface area (Å²) >= 11 is 0. The van der Waals surface area contributed by atoms with Crippen molar-refractivity contribution in [1.29, 1.82) is 0 Å². The largest absolute Gasteiger partial charge is 0.494 e. The monoisotopic (exact) mass is 381 g/mol. The molecule has 2 aromatic rings. The number of nitrogens with two attached hydrogens (primary N) is 1. The number of alkyl halides is 3. The Bertz CT molecular complexity index is 775. The summed E-state index contributed by atoms with van der Waals surface area (Å²) in [5, 5.41) is 2.94. The van der Waals surface area contributed by atoms with Gasteiger partial charge in [0.2, 0.25) is 0 Å². The number of guanidine groups is 1. The van der Waals surface area contributed by atoms with E-state index in [1.165, 1.54) is 12.1 Å². The summed E-state index contributed by atoms with van der Waals surface area (Å²) in [6.07, 6.45) is -4.36. The van der Waals surface area contributed by atoms with E-state index in [1.54, 1.807) is 18.2 Å². The van der Waals surface area contributed by atoms with Crippen molar-refractivity contribution in [3.63, 3.8) is 0 Å². The lowest BCUT2D eigenvalue weighted by molar-refractivity contribution is -0.137. The van der Waals surface area contributed by atoms with E-state index in [4.69, 9.17) is 15.2 Å². The van der Waals surface area contributed by atoms with Gasteiger partial charge in [0, 0.05) is 6.07 Å². The van der Waals surface area contributed by atoms with Gasteiger partial charge in [0.25, 0.3) is 0 Å². The first-order valence-electron chi connectivity index (χ1n) is 8.46. The smallest absolute Gasteiger partial charge is 0.416 e. The third-order valence-corrected chi connectivity index (χ3v) is 3.54. The minimum Gasteiger partial charge on any atom is -0.494 e. The number of halogens is 3. The predicted molar refractivity (Wildman–Crippen MR) is 99.2 cm³/mol. The quantitative estimate of drug-likeness (QED) is 0.550. The van der Waals surface area contributed by atoms with Gasteiger partial charge in [-0.25, -0.2) is 4.99 Å². The Morgan fingerprint density at radius 2 is 1.70 bits per heavy atom. The summed E-state index contributed by atoms with van der Waals surface area (Å²) in [5.41, 5.74) is 6.41. The number of nitrogens with zero attached hydrogens (tertiary/aromatic N) is 1. The van der Waals surface area contributed by atoms with Crippen LogP contribution < -0.4 is 20.5 Å². The molecule has 0 unspecified atom stereocenters. The lowest BCUT2D eigenvalue weighted by atomic mass is 10.1. The second-order valence-corrected chi connectivity index (χ2v) is 5.55. The van der Waals surface area contributed by atoms with Crippen LogP contribution in [0.1, 0.15) is 25.0 Å². The standard InChI is InChI=1S/C19H22F3N3O2/c1-3-26-15-9-10-17(27-4-2)16(11-15)25-18(23)24-12-13-5-7-14(8-6-13)19(20,21)22/h5-11H,3-4,12H2,1-2H3,(H3,23,24,25). The van der Waals surface area contributed by atoms with Gasteiger partial charge in [-0.2, -0.15) is 13.2 Å². The van der Waals surface area contributed by atoms with Crippen LogP contribution in [-0.4, -0.2) is 19.2 Å². The van der Waals surface area contributed by atoms with Gasteiger partial charge < -0.3 is 20.5 Å². The summed E-state index contributed by atoms with van der Waals surface area (Å²) in [6.45, 7) is 4.88. The Hall–Kier alpha value is -2.90. The molecule has 0 radical (unpaired) electrons. The molecule has 2 rings (SSSR count). The van der Waals surface area contributed by atoms with Crippen molar-refractivity contribution in [3.05, 3.63) is 53.6 Å². The first-order valence-corrected chi connectivity index (χ1v) is 8.46. The highest BCUT2D eigenvalue weighted by Gasteiger charge is 2.29. The van der Waals surface area contributed by atoms with Crippen molar-refractivity contribution in [3.8, 4) is 11.5 Å². The molecule has 3 N–H and O–H groups in total. The van der Waals surface area contributed by atoms with E-state index in [9.17, 15) is 13.2 Å². The van der Waals surface area contributed by atoms with Gasteiger partial charge in [0.05, 0.1) is 31.0 Å². The molecule has 0 amide bonds. The van der Waals surface area contributed by atoms with Crippen molar-refractivity contribution >= 4 is 11.6 Å². The highest BCUT2D eigenvalue weighted by molar-refractivity contribution is 5.94. The summed E-state index contributed by atoms with van der Waals surface area (Å²) in [7, 11) is 0. The Labute approximate surface area is 156 Å². The maximum atomic E-state index is 12.6. The van der Waals surface area contributed by atoms with Crippen LogP contribution in [0.4, 0.5) is 18.9 Å². The van der Waals surface area contributed by atoms with E-state index in [1.807, 2.05) is 13.8 Å². The SMILES string of the molecule is CCOc1ccc(OCC)c(NC(N)=NCc2ccc(C(F)(F)F)cc2)c1. The number of aliphatic imine (C=N–C) groups is 1. The lowest BCUT2D eigenvalue weighted by Gasteiger charge is -2.14. The van der Waals surface area contributed by atoms with Crippen LogP contribution >= 0.6 is 0 Å². The zero-order valence-corrected chi connectivity index (χ0v) is 15.1. The Balaban J connectivity index is 2.09. The zero-order chi connectivity index (χ0) is 19.9. The average Bonchev–Trinajstić information content (AvgIpc) is 2.62. The highest BCUT2D eigenvalue weighted by Crippen LogP contribution is 2.30. The molecule has 5 nitrogen and oxygen atoms in total. The van der Waals surface area contributed by atoms with E-state index in [0.717, 1.165) is 12.1 Å². The van der Waals surface area contributed by atoms with E-state index < -0.39 is 11.7 Å². The van der Waals surface area contributed by atoms with Crippen LogP contribution in [-0.2, 0) is 12.7 Å². The van der Waals surface area contributed by atoms with Crippen LogP contribution in [0, 0.1) is 0 Å². The van der Waals surface area contributed by atoms with Gasteiger partial charge in [-0.1, -0.05) is 12.1 Å². The van der Waals surface area contributed by atoms with Gasteiger partial charge >= 0.3 is 6.18 Å². The molecule has 0 bridgehead atoms. The molecule has 0 heterocycles. The van der Waals surface area contributed by atoms with Crippen LogP contribution in [0.2, 0.25) is 0 Å². The van der Waals surface area contributed by atoms with E-state index in [0.29, 0.717) is 36.0 Å². The van der Waals surface area contributed by atoms with Crippen LogP contribution in [0.3, 0.4) is 0 Å².